The first-order valence-corrected chi connectivity index (χ1v) is 4.92. The average Bonchev–Trinajstić information content (AvgIpc) is 2.30. The Hall–Kier alpha value is -1.68. The molecule has 0 N–H and O–H groups in total. The molecule has 2 rings (SSSR count). The summed E-state index contributed by atoms with van der Waals surface area (Å²) in [4.78, 5) is 0. The third-order valence-electron chi connectivity index (χ3n) is 2.08. The molecule has 0 spiro atoms. The van der Waals surface area contributed by atoms with Crippen molar-refractivity contribution in [3.8, 4) is 17.0 Å². The first-order valence-electron chi connectivity index (χ1n) is 4.54. The number of hydrogen-bond acceptors (Lipinski definition) is 3. The molecule has 0 aliphatic carbocycles. The maximum atomic E-state index is 13.6. The second kappa shape index (κ2) is 4.45. The molecule has 5 heteroatoms. The van der Waals surface area contributed by atoms with Crippen molar-refractivity contribution in [2.24, 2.45) is 0 Å². The molecule has 0 saturated carbocycles. The van der Waals surface area contributed by atoms with Gasteiger partial charge < -0.3 is 4.74 Å². The minimum atomic E-state index is -0.407. The molecule has 0 bridgehead atoms. The molecule has 0 amide bonds. The molecule has 3 nitrogen and oxygen atoms in total. The van der Waals surface area contributed by atoms with Crippen LogP contribution in [0.15, 0.2) is 30.3 Å². The zero-order valence-electron chi connectivity index (χ0n) is 8.45. The van der Waals surface area contributed by atoms with Crippen LogP contribution < -0.4 is 4.74 Å². The number of rotatable bonds is 2. The van der Waals surface area contributed by atoms with Gasteiger partial charge in [-0.05, 0) is 24.3 Å². The fourth-order valence-corrected chi connectivity index (χ4v) is 1.47. The Labute approximate surface area is 96.8 Å². The van der Waals surface area contributed by atoms with Gasteiger partial charge in [-0.25, -0.2) is 4.39 Å². The Morgan fingerprint density at radius 2 is 2.00 bits per heavy atom. The van der Waals surface area contributed by atoms with Crippen LogP contribution in [0.25, 0.3) is 11.3 Å². The Morgan fingerprint density at radius 1 is 1.19 bits per heavy atom. The summed E-state index contributed by atoms with van der Waals surface area (Å²) in [5, 5.41) is 7.74. The van der Waals surface area contributed by atoms with Crippen molar-refractivity contribution in [1.29, 1.82) is 0 Å². The highest BCUT2D eigenvalue weighted by atomic mass is 35.5. The van der Waals surface area contributed by atoms with Gasteiger partial charge in [-0.15, -0.1) is 10.2 Å². The molecule has 0 unspecified atom stereocenters. The number of aromatic nitrogens is 2. The molecule has 1 aromatic carbocycles. The van der Waals surface area contributed by atoms with Crippen LogP contribution in [0.5, 0.6) is 5.75 Å². The summed E-state index contributed by atoms with van der Waals surface area (Å²) in [6.07, 6.45) is 0. The molecule has 0 radical (unpaired) electrons. The summed E-state index contributed by atoms with van der Waals surface area (Å²) in [6.45, 7) is 0. The third-order valence-corrected chi connectivity index (χ3v) is 2.29. The molecule has 2 aromatic rings. The van der Waals surface area contributed by atoms with Crippen LogP contribution in [-0.2, 0) is 0 Å². The Kier molecular flexibility index (Phi) is 3.01. The molecule has 1 aromatic heterocycles. The van der Waals surface area contributed by atoms with E-state index in [1.807, 2.05) is 0 Å². The van der Waals surface area contributed by atoms with Gasteiger partial charge in [0.1, 0.15) is 11.6 Å². The minimum Gasteiger partial charge on any atom is -0.496 e. The molecule has 0 saturated heterocycles. The SMILES string of the molecule is COc1cccc(F)c1-c1ccc(Cl)nn1. The van der Waals surface area contributed by atoms with Gasteiger partial charge in [0.05, 0.1) is 18.4 Å². The molecule has 0 atom stereocenters. The number of methoxy groups -OCH3 is 1. The number of hydrogen-bond donors (Lipinski definition) is 0. The zero-order chi connectivity index (χ0) is 11.5. The monoisotopic (exact) mass is 238 g/mol. The number of nitrogens with zero attached hydrogens (tertiary/aromatic N) is 2. The largest absolute Gasteiger partial charge is 0.496 e. The summed E-state index contributed by atoms with van der Waals surface area (Å²) in [7, 11) is 1.47. The molecule has 0 aliphatic heterocycles. The quantitative estimate of drug-likeness (QED) is 0.807. The minimum absolute atomic E-state index is 0.263. The molecular formula is C11H8ClFN2O. The smallest absolute Gasteiger partial charge is 0.151 e. The summed E-state index contributed by atoms with van der Waals surface area (Å²) >= 11 is 5.61. The van der Waals surface area contributed by atoms with Crippen molar-refractivity contribution in [1.82, 2.24) is 10.2 Å². The van der Waals surface area contributed by atoms with E-state index in [-0.39, 0.29) is 10.7 Å². The van der Waals surface area contributed by atoms with Crippen molar-refractivity contribution in [2.45, 2.75) is 0 Å². The van der Waals surface area contributed by atoms with Crippen LogP contribution >= 0.6 is 11.6 Å². The lowest BCUT2D eigenvalue weighted by Crippen LogP contribution is -1.94. The van der Waals surface area contributed by atoms with E-state index in [1.165, 1.54) is 13.2 Å². The molecular weight excluding hydrogens is 231 g/mol. The highest BCUT2D eigenvalue weighted by molar-refractivity contribution is 6.29. The number of halogens is 2. The second-order valence-electron chi connectivity index (χ2n) is 3.06. The molecule has 0 aliphatic rings. The predicted molar refractivity (Wildman–Crippen MR) is 59.0 cm³/mol. The summed E-state index contributed by atoms with van der Waals surface area (Å²) in [5.74, 6) is 0.00703. The fraction of sp³-hybridized carbons (Fsp3) is 0.0909. The molecule has 1 heterocycles. The fourth-order valence-electron chi connectivity index (χ4n) is 1.37. The van der Waals surface area contributed by atoms with Crippen molar-refractivity contribution >= 4 is 11.6 Å². The second-order valence-corrected chi connectivity index (χ2v) is 3.45. The van der Waals surface area contributed by atoms with Gasteiger partial charge in [-0.1, -0.05) is 17.7 Å². The Bertz CT molecular complexity index is 502. The van der Waals surface area contributed by atoms with Crippen LogP contribution in [0.3, 0.4) is 0 Å². The Morgan fingerprint density at radius 3 is 2.62 bits per heavy atom. The maximum Gasteiger partial charge on any atom is 0.151 e. The van der Waals surface area contributed by atoms with E-state index in [1.54, 1.807) is 24.3 Å². The molecule has 16 heavy (non-hydrogen) atoms. The van der Waals surface area contributed by atoms with Crippen molar-refractivity contribution < 1.29 is 9.13 Å². The predicted octanol–water partition coefficient (Wildman–Crippen LogP) is 2.94. The zero-order valence-corrected chi connectivity index (χ0v) is 9.20. The lowest BCUT2D eigenvalue weighted by atomic mass is 10.1. The van der Waals surface area contributed by atoms with E-state index in [4.69, 9.17) is 16.3 Å². The van der Waals surface area contributed by atoms with Gasteiger partial charge in [-0.3, -0.25) is 0 Å². The van der Waals surface area contributed by atoms with Crippen LogP contribution in [0, 0.1) is 5.82 Å². The third kappa shape index (κ3) is 1.97. The number of benzene rings is 1. The average molecular weight is 239 g/mol. The van der Waals surface area contributed by atoms with Crippen molar-refractivity contribution in [2.75, 3.05) is 7.11 Å². The van der Waals surface area contributed by atoms with Crippen LogP contribution in [0.4, 0.5) is 4.39 Å². The van der Waals surface area contributed by atoms with Gasteiger partial charge in [0.15, 0.2) is 5.15 Å². The summed E-state index contributed by atoms with van der Waals surface area (Å²) < 4.78 is 18.7. The van der Waals surface area contributed by atoms with E-state index in [2.05, 4.69) is 10.2 Å². The van der Waals surface area contributed by atoms with E-state index < -0.39 is 5.82 Å². The standard InChI is InChI=1S/C11H8ClFN2O/c1-16-9-4-2-3-7(13)11(9)8-5-6-10(12)15-14-8/h2-6H,1H3. The first-order chi connectivity index (χ1) is 7.72. The lowest BCUT2D eigenvalue weighted by molar-refractivity contribution is 0.413. The lowest BCUT2D eigenvalue weighted by Gasteiger charge is -2.07. The van der Waals surface area contributed by atoms with Crippen molar-refractivity contribution in [3.05, 3.63) is 41.3 Å². The topological polar surface area (TPSA) is 35.0 Å². The van der Waals surface area contributed by atoms with E-state index in [0.717, 1.165) is 0 Å². The summed E-state index contributed by atoms with van der Waals surface area (Å²) in [5.41, 5.74) is 0.675. The van der Waals surface area contributed by atoms with E-state index in [9.17, 15) is 4.39 Å². The van der Waals surface area contributed by atoms with Gasteiger partial charge in [0.25, 0.3) is 0 Å². The van der Waals surface area contributed by atoms with Gasteiger partial charge in [0.2, 0.25) is 0 Å². The first kappa shape index (κ1) is 10.8. The number of ether oxygens (including phenoxy) is 1. The van der Waals surface area contributed by atoms with Crippen LogP contribution in [0.1, 0.15) is 0 Å². The van der Waals surface area contributed by atoms with Gasteiger partial charge >= 0.3 is 0 Å². The summed E-state index contributed by atoms with van der Waals surface area (Å²) in [6, 6.07) is 7.72. The van der Waals surface area contributed by atoms with E-state index >= 15 is 0 Å². The van der Waals surface area contributed by atoms with Gasteiger partial charge in [-0.2, -0.15) is 0 Å². The van der Waals surface area contributed by atoms with Crippen molar-refractivity contribution in [3.63, 3.8) is 0 Å². The molecule has 82 valence electrons. The van der Waals surface area contributed by atoms with Crippen LogP contribution in [0.2, 0.25) is 5.15 Å². The normalized spacial score (nSPS) is 10.2. The van der Waals surface area contributed by atoms with Crippen LogP contribution in [-0.4, -0.2) is 17.3 Å². The van der Waals surface area contributed by atoms with E-state index in [0.29, 0.717) is 11.4 Å². The Balaban J connectivity index is 2.58. The highest BCUT2D eigenvalue weighted by Crippen LogP contribution is 2.30. The van der Waals surface area contributed by atoms with Gasteiger partial charge in [0, 0.05) is 0 Å². The molecule has 0 fully saturated rings. The maximum absolute atomic E-state index is 13.6. The highest BCUT2D eigenvalue weighted by Gasteiger charge is 2.12.